The molecule has 0 aliphatic carbocycles. The molecule has 4 rings (SSSR count). The first-order valence-corrected chi connectivity index (χ1v) is 7.94. The topological polar surface area (TPSA) is 50.2 Å². The minimum absolute atomic E-state index is 0.0465. The van der Waals surface area contributed by atoms with E-state index in [-0.39, 0.29) is 11.7 Å². The van der Waals surface area contributed by atoms with E-state index >= 15 is 0 Å². The number of rotatable bonds is 2. The van der Waals surface area contributed by atoms with Crippen molar-refractivity contribution in [2.45, 2.75) is 6.92 Å². The van der Waals surface area contributed by atoms with E-state index in [1.165, 1.54) is 12.1 Å². The molecule has 2 aromatic rings. The van der Waals surface area contributed by atoms with Gasteiger partial charge in [0.05, 0.1) is 23.1 Å². The molecular weight excluding hydrogens is 295 g/mol. The Morgan fingerprint density at radius 2 is 1.87 bits per heavy atom. The monoisotopic (exact) mass is 314 g/mol. The molecule has 5 nitrogen and oxygen atoms in total. The normalized spacial score (nSPS) is 23.3. The van der Waals surface area contributed by atoms with E-state index in [1.807, 2.05) is 11.8 Å². The Kier molecular flexibility index (Phi) is 3.41. The third-order valence-corrected chi connectivity index (χ3v) is 4.99. The first-order valence-electron chi connectivity index (χ1n) is 7.94. The van der Waals surface area contributed by atoms with Gasteiger partial charge in [-0.15, -0.1) is 0 Å². The van der Waals surface area contributed by atoms with Gasteiger partial charge in [-0.05, 0) is 43.0 Å². The van der Waals surface area contributed by atoms with E-state index < -0.39 is 0 Å². The Bertz CT molecular complexity index is 728. The van der Waals surface area contributed by atoms with Crippen LogP contribution >= 0.6 is 0 Å². The second-order valence-electron chi connectivity index (χ2n) is 6.42. The summed E-state index contributed by atoms with van der Waals surface area (Å²) in [5.41, 5.74) is 2.17. The summed E-state index contributed by atoms with van der Waals surface area (Å²) in [6.07, 6.45) is 1.62. The lowest BCUT2D eigenvalue weighted by molar-refractivity contribution is 0.0781. The van der Waals surface area contributed by atoms with Gasteiger partial charge in [0.1, 0.15) is 5.82 Å². The highest BCUT2D eigenvalue weighted by molar-refractivity contribution is 5.95. The summed E-state index contributed by atoms with van der Waals surface area (Å²) < 4.78 is 14.7. The summed E-state index contributed by atoms with van der Waals surface area (Å²) >= 11 is 0. The van der Waals surface area contributed by atoms with Gasteiger partial charge in [0.25, 0.3) is 5.91 Å². The number of carbonyl (C=O) groups excluding carboxylic acids is 1. The van der Waals surface area contributed by atoms with E-state index in [0.717, 1.165) is 37.6 Å². The van der Waals surface area contributed by atoms with Crippen LogP contribution in [0.25, 0.3) is 5.69 Å². The van der Waals surface area contributed by atoms with Crippen LogP contribution in [0.1, 0.15) is 16.1 Å². The number of nitrogens with zero attached hydrogens (tertiary/aromatic N) is 3. The van der Waals surface area contributed by atoms with E-state index in [1.54, 1.807) is 23.0 Å². The van der Waals surface area contributed by atoms with Crippen LogP contribution in [0.5, 0.6) is 0 Å². The molecule has 2 aliphatic rings. The third-order valence-electron chi connectivity index (χ3n) is 4.99. The van der Waals surface area contributed by atoms with Gasteiger partial charge in [-0.25, -0.2) is 9.07 Å². The lowest BCUT2D eigenvalue weighted by Crippen LogP contribution is -2.32. The van der Waals surface area contributed by atoms with Crippen molar-refractivity contribution in [2.24, 2.45) is 11.8 Å². The summed E-state index contributed by atoms with van der Waals surface area (Å²) in [6, 6.07) is 6.12. The number of hydrogen-bond acceptors (Lipinski definition) is 3. The lowest BCUT2D eigenvalue weighted by atomic mass is 10.0. The zero-order valence-corrected chi connectivity index (χ0v) is 13.0. The van der Waals surface area contributed by atoms with Gasteiger partial charge < -0.3 is 10.2 Å². The maximum absolute atomic E-state index is 13.1. The first-order chi connectivity index (χ1) is 11.1. The van der Waals surface area contributed by atoms with Crippen molar-refractivity contribution >= 4 is 5.91 Å². The number of carbonyl (C=O) groups is 1. The van der Waals surface area contributed by atoms with Crippen LogP contribution in [-0.4, -0.2) is 46.8 Å². The van der Waals surface area contributed by atoms with Crippen LogP contribution in [0.3, 0.4) is 0 Å². The zero-order chi connectivity index (χ0) is 16.0. The molecule has 0 spiro atoms. The Morgan fingerprint density at radius 3 is 2.52 bits per heavy atom. The smallest absolute Gasteiger partial charge is 0.257 e. The maximum atomic E-state index is 13.1. The van der Waals surface area contributed by atoms with E-state index in [0.29, 0.717) is 17.4 Å². The van der Waals surface area contributed by atoms with E-state index in [2.05, 4.69) is 10.4 Å². The van der Waals surface area contributed by atoms with Crippen LogP contribution in [0.15, 0.2) is 30.5 Å². The molecule has 2 atom stereocenters. The molecule has 2 fully saturated rings. The second-order valence-corrected chi connectivity index (χ2v) is 6.42. The number of aromatic nitrogens is 2. The van der Waals surface area contributed by atoms with Crippen molar-refractivity contribution in [2.75, 3.05) is 26.2 Å². The Labute approximate surface area is 134 Å². The fourth-order valence-corrected chi connectivity index (χ4v) is 3.65. The molecule has 2 aliphatic heterocycles. The Hall–Kier alpha value is -2.21. The predicted octanol–water partition coefficient (Wildman–Crippen LogP) is 1.61. The number of nitrogens with one attached hydrogen (secondary N) is 1. The number of fused-ring (bicyclic) bond motifs is 1. The average molecular weight is 314 g/mol. The summed E-state index contributed by atoms with van der Waals surface area (Å²) in [4.78, 5) is 14.7. The standard InChI is InChI=1S/C17H19FN4O/c1-11-16(8-20-22(11)15-4-2-14(18)3-5-15)17(23)21-9-12-6-19-7-13(12)10-21/h2-5,8,12-13,19H,6-7,9-10H2,1H3/t12-,13+. The van der Waals surface area contributed by atoms with Crippen LogP contribution in [-0.2, 0) is 0 Å². The fraction of sp³-hybridized carbons (Fsp3) is 0.412. The van der Waals surface area contributed by atoms with Crippen LogP contribution < -0.4 is 5.32 Å². The minimum atomic E-state index is -0.285. The van der Waals surface area contributed by atoms with Crippen molar-refractivity contribution in [3.05, 3.63) is 47.5 Å². The van der Waals surface area contributed by atoms with Crippen LogP contribution in [0.4, 0.5) is 4.39 Å². The van der Waals surface area contributed by atoms with Crippen molar-refractivity contribution in [3.63, 3.8) is 0 Å². The number of amides is 1. The number of likely N-dealkylation sites (tertiary alicyclic amines) is 1. The number of halogens is 1. The number of benzene rings is 1. The Morgan fingerprint density at radius 1 is 1.22 bits per heavy atom. The highest BCUT2D eigenvalue weighted by Gasteiger charge is 2.38. The number of hydrogen-bond donors (Lipinski definition) is 1. The molecule has 2 saturated heterocycles. The van der Waals surface area contributed by atoms with Crippen LogP contribution in [0, 0.1) is 24.6 Å². The maximum Gasteiger partial charge on any atom is 0.257 e. The molecule has 0 radical (unpaired) electrons. The lowest BCUT2D eigenvalue weighted by Gasteiger charge is -2.17. The molecule has 0 saturated carbocycles. The first kappa shape index (κ1) is 14.4. The molecule has 3 heterocycles. The van der Waals surface area contributed by atoms with Crippen molar-refractivity contribution in [1.29, 1.82) is 0 Å². The van der Waals surface area contributed by atoms with Crippen molar-refractivity contribution in [1.82, 2.24) is 20.0 Å². The fourth-order valence-electron chi connectivity index (χ4n) is 3.65. The highest BCUT2D eigenvalue weighted by Crippen LogP contribution is 2.28. The van der Waals surface area contributed by atoms with Gasteiger partial charge in [-0.2, -0.15) is 5.10 Å². The van der Waals surface area contributed by atoms with E-state index in [9.17, 15) is 9.18 Å². The largest absolute Gasteiger partial charge is 0.338 e. The molecular formula is C17H19FN4O. The average Bonchev–Trinajstić information content (AvgIpc) is 3.22. The summed E-state index contributed by atoms with van der Waals surface area (Å²) in [5, 5.41) is 7.69. The zero-order valence-electron chi connectivity index (χ0n) is 13.0. The van der Waals surface area contributed by atoms with Gasteiger partial charge >= 0.3 is 0 Å². The quantitative estimate of drug-likeness (QED) is 0.916. The minimum Gasteiger partial charge on any atom is -0.338 e. The Balaban J connectivity index is 1.58. The predicted molar refractivity (Wildman–Crippen MR) is 84.0 cm³/mol. The van der Waals surface area contributed by atoms with Gasteiger partial charge in [0.2, 0.25) is 0 Å². The molecule has 6 heteroatoms. The van der Waals surface area contributed by atoms with E-state index in [4.69, 9.17) is 0 Å². The summed E-state index contributed by atoms with van der Waals surface area (Å²) in [7, 11) is 0. The van der Waals surface area contributed by atoms with Gasteiger partial charge in [0.15, 0.2) is 0 Å². The molecule has 1 aromatic heterocycles. The second kappa shape index (κ2) is 5.45. The van der Waals surface area contributed by atoms with Crippen molar-refractivity contribution < 1.29 is 9.18 Å². The molecule has 1 amide bonds. The van der Waals surface area contributed by atoms with Gasteiger partial charge in [0, 0.05) is 26.2 Å². The highest BCUT2D eigenvalue weighted by atomic mass is 19.1. The molecule has 0 unspecified atom stereocenters. The summed E-state index contributed by atoms with van der Waals surface area (Å²) in [6.45, 7) is 5.52. The van der Waals surface area contributed by atoms with Gasteiger partial charge in [-0.1, -0.05) is 0 Å². The van der Waals surface area contributed by atoms with Crippen LogP contribution in [0.2, 0.25) is 0 Å². The molecule has 1 N–H and O–H groups in total. The van der Waals surface area contributed by atoms with Gasteiger partial charge in [-0.3, -0.25) is 4.79 Å². The van der Waals surface area contributed by atoms with Crippen molar-refractivity contribution in [3.8, 4) is 5.69 Å². The third kappa shape index (κ3) is 2.43. The summed E-state index contributed by atoms with van der Waals surface area (Å²) in [5.74, 6) is 0.912. The molecule has 23 heavy (non-hydrogen) atoms. The molecule has 1 aromatic carbocycles. The molecule has 120 valence electrons. The molecule has 0 bridgehead atoms. The SMILES string of the molecule is Cc1c(C(=O)N2C[C@H]3CNC[C@H]3C2)cnn1-c1ccc(F)cc1.